The fourth-order valence-corrected chi connectivity index (χ4v) is 4.94. The van der Waals surface area contributed by atoms with Crippen LogP contribution in [0.1, 0.15) is 47.9 Å². The van der Waals surface area contributed by atoms with Gasteiger partial charge in [-0.2, -0.15) is 13.2 Å². The molecule has 0 N–H and O–H groups in total. The van der Waals surface area contributed by atoms with Crippen molar-refractivity contribution in [2.45, 2.75) is 57.8 Å². The highest BCUT2D eigenvalue weighted by atomic mass is 19.4. The predicted octanol–water partition coefficient (Wildman–Crippen LogP) is 4.99. The second-order valence-electron chi connectivity index (χ2n) is 9.20. The standard InChI is InChI=1S/C26H29F3N2O2/c1-18-2-4-19(5-3-18)8-12-24(32)30-15-14-23-21(17-30)9-13-25(33)31(23)16-20-6-10-22(11-7-20)26(27,28)29/h2-7,10-11,21,23H,8-9,12-17H2,1H3/t21-,23+/m1/s1. The summed E-state index contributed by atoms with van der Waals surface area (Å²) in [6, 6.07) is 13.3. The number of hydrogen-bond acceptors (Lipinski definition) is 2. The third kappa shape index (κ3) is 5.57. The molecule has 0 unspecified atom stereocenters. The maximum absolute atomic E-state index is 12.8. The summed E-state index contributed by atoms with van der Waals surface area (Å²) in [7, 11) is 0. The maximum Gasteiger partial charge on any atom is 0.416 e. The molecule has 4 rings (SSSR count). The molecule has 0 spiro atoms. The third-order valence-corrected chi connectivity index (χ3v) is 6.88. The molecule has 2 heterocycles. The van der Waals surface area contributed by atoms with Gasteiger partial charge in [0.1, 0.15) is 0 Å². The molecule has 2 atom stereocenters. The molecule has 0 saturated carbocycles. The van der Waals surface area contributed by atoms with Crippen molar-refractivity contribution >= 4 is 11.8 Å². The second-order valence-corrected chi connectivity index (χ2v) is 9.20. The number of benzene rings is 2. The summed E-state index contributed by atoms with van der Waals surface area (Å²) in [5.41, 5.74) is 2.34. The Labute approximate surface area is 192 Å². The van der Waals surface area contributed by atoms with Crippen molar-refractivity contribution in [3.63, 3.8) is 0 Å². The van der Waals surface area contributed by atoms with E-state index in [1.165, 1.54) is 17.7 Å². The van der Waals surface area contributed by atoms with E-state index in [2.05, 4.69) is 24.3 Å². The van der Waals surface area contributed by atoms with Gasteiger partial charge in [0.05, 0.1) is 5.56 Å². The number of hydrogen-bond donors (Lipinski definition) is 0. The van der Waals surface area contributed by atoms with Crippen molar-refractivity contribution < 1.29 is 22.8 Å². The first-order chi connectivity index (χ1) is 15.7. The Hall–Kier alpha value is -2.83. The smallest absolute Gasteiger partial charge is 0.342 e. The molecule has 2 aromatic carbocycles. The Morgan fingerprint density at radius 1 is 1.00 bits per heavy atom. The molecule has 2 amide bonds. The number of alkyl halides is 3. The van der Waals surface area contributed by atoms with E-state index in [-0.39, 0.29) is 23.8 Å². The molecule has 2 aliphatic heterocycles. The number of halogens is 3. The van der Waals surface area contributed by atoms with Gasteiger partial charge in [-0.05, 0) is 55.4 Å². The minimum absolute atomic E-state index is 0.0229. The van der Waals surface area contributed by atoms with E-state index in [0.29, 0.717) is 50.9 Å². The van der Waals surface area contributed by atoms with Crippen LogP contribution in [0.5, 0.6) is 0 Å². The Morgan fingerprint density at radius 2 is 1.67 bits per heavy atom. The number of nitrogens with zero attached hydrogens (tertiary/aromatic N) is 2. The van der Waals surface area contributed by atoms with E-state index in [1.807, 2.05) is 16.7 Å². The summed E-state index contributed by atoms with van der Waals surface area (Å²) >= 11 is 0. The van der Waals surface area contributed by atoms with Crippen molar-refractivity contribution in [2.75, 3.05) is 13.1 Å². The van der Waals surface area contributed by atoms with Crippen molar-refractivity contribution in [1.29, 1.82) is 0 Å². The first kappa shape index (κ1) is 23.3. The molecular weight excluding hydrogens is 429 g/mol. The number of fused-ring (bicyclic) bond motifs is 1. The molecule has 0 aromatic heterocycles. The Balaban J connectivity index is 1.35. The van der Waals surface area contributed by atoms with Crippen LogP contribution in [0.15, 0.2) is 48.5 Å². The molecule has 0 aliphatic carbocycles. The molecule has 0 bridgehead atoms. The van der Waals surface area contributed by atoms with Crippen LogP contribution in [0.3, 0.4) is 0 Å². The molecule has 176 valence electrons. The van der Waals surface area contributed by atoms with Crippen LogP contribution >= 0.6 is 0 Å². The first-order valence-corrected chi connectivity index (χ1v) is 11.5. The Morgan fingerprint density at radius 3 is 2.33 bits per heavy atom. The molecule has 4 nitrogen and oxygen atoms in total. The lowest BCUT2D eigenvalue weighted by Crippen LogP contribution is -2.56. The van der Waals surface area contributed by atoms with Gasteiger partial charge in [-0.25, -0.2) is 0 Å². The summed E-state index contributed by atoms with van der Waals surface area (Å²) in [6.07, 6.45) is -1.34. The summed E-state index contributed by atoms with van der Waals surface area (Å²) in [5, 5.41) is 0. The zero-order valence-electron chi connectivity index (χ0n) is 18.8. The zero-order chi connectivity index (χ0) is 23.6. The molecular formula is C26H29F3N2O2. The average Bonchev–Trinajstić information content (AvgIpc) is 2.80. The van der Waals surface area contributed by atoms with Crippen molar-refractivity contribution in [2.24, 2.45) is 5.92 Å². The van der Waals surface area contributed by atoms with Gasteiger partial charge in [-0.3, -0.25) is 9.59 Å². The number of carbonyl (C=O) groups is 2. The van der Waals surface area contributed by atoms with Crippen LogP contribution in [0.25, 0.3) is 0 Å². The van der Waals surface area contributed by atoms with Gasteiger partial charge in [0.2, 0.25) is 11.8 Å². The van der Waals surface area contributed by atoms with Gasteiger partial charge in [-0.15, -0.1) is 0 Å². The predicted molar refractivity (Wildman–Crippen MR) is 119 cm³/mol. The van der Waals surface area contributed by atoms with E-state index in [0.717, 1.165) is 24.1 Å². The van der Waals surface area contributed by atoms with Gasteiger partial charge in [0.25, 0.3) is 0 Å². The molecule has 33 heavy (non-hydrogen) atoms. The number of carbonyl (C=O) groups excluding carboxylic acids is 2. The molecule has 2 aromatic rings. The Kier molecular flexibility index (Phi) is 6.77. The van der Waals surface area contributed by atoms with Crippen LogP contribution in [0, 0.1) is 12.8 Å². The number of amides is 2. The Bertz CT molecular complexity index is 986. The minimum Gasteiger partial charge on any atom is -0.342 e. The summed E-state index contributed by atoms with van der Waals surface area (Å²) < 4.78 is 38.5. The highest BCUT2D eigenvalue weighted by Gasteiger charge is 2.40. The van der Waals surface area contributed by atoms with E-state index in [1.54, 1.807) is 0 Å². The number of piperidine rings is 2. The molecule has 2 aliphatic rings. The lowest BCUT2D eigenvalue weighted by Gasteiger charge is -2.47. The van der Waals surface area contributed by atoms with Crippen LogP contribution in [0.4, 0.5) is 13.2 Å². The highest BCUT2D eigenvalue weighted by molar-refractivity contribution is 5.78. The van der Waals surface area contributed by atoms with E-state index in [9.17, 15) is 22.8 Å². The molecule has 2 fully saturated rings. The summed E-state index contributed by atoms with van der Waals surface area (Å²) in [4.78, 5) is 29.2. The van der Waals surface area contributed by atoms with E-state index < -0.39 is 11.7 Å². The fraction of sp³-hybridized carbons (Fsp3) is 0.462. The van der Waals surface area contributed by atoms with Gasteiger partial charge in [0.15, 0.2) is 0 Å². The summed E-state index contributed by atoms with van der Waals surface area (Å²) in [6.45, 7) is 3.58. The lowest BCUT2D eigenvalue weighted by atomic mass is 9.83. The van der Waals surface area contributed by atoms with Crippen LogP contribution in [-0.4, -0.2) is 40.7 Å². The number of aryl methyl sites for hydroxylation is 2. The molecule has 7 heteroatoms. The van der Waals surface area contributed by atoms with E-state index in [4.69, 9.17) is 0 Å². The monoisotopic (exact) mass is 458 g/mol. The van der Waals surface area contributed by atoms with Crippen molar-refractivity contribution in [3.05, 3.63) is 70.8 Å². The number of rotatable bonds is 5. The zero-order valence-corrected chi connectivity index (χ0v) is 18.8. The fourth-order valence-electron chi connectivity index (χ4n) is 4.94. The first-order valence-electron chi connectivity index (χ1n) is 11.5. The van der Waals surface area contributed by atoms with Crippen molar-refractivity contribution in [1.82, 2.24) is 9.80 Å². The van der Waals surface area contributed by atoms with Gasteiger partial charge in [-0.1, -0.05) is 42.0 Å². The topological polar surface area (TPSA) is 40.6 Å². The largest absolute Gasteiger partial charge is 0.416 e. The average molecular weight is 459 g/mol. The number of likely N-dealkylation sites (tertiary alicyclic amines) is 2. The van der Waals surface area contributed by atoms with Crippen molar-refractivity contribution in [3.8, 4) is 0 Å². The highest BCUT2D eigenvalue weighted by Crippen LogP contribution is 2.34. The van der Waals surface area contributed by atoms with Gasteiger partial charge < -0.3 is 9.80 Å². The molecule has 0 radical (unpaired) electrons. The van der Waals surface area contributed by atoms with Crippen LogP contribution < -0.4 is 0 Å². The quantitative estimate of drug-likeness (QED) is 0.634. The van der Waals surface area contributed by atoms with Crippen LogP contribution in [0.2, 0.25) is 0 Å². The van der Waals surface area contributed by atoms with Crippen LogP contribution in [-0.2, 0) is 28.7 Å². The van der Waals surface area contributed by atoms with Gasteiger partial charge in [0, 0.05) is 38.5 Å². The molecule has 2 saturated heterocycles. The SMILES string of the molecule is Cc1ccc(CCC(=O)N2CC[C@H]3[C@H](CCC(=O)N3Cc3ccc(C(F)(F)F)cc3)C2)cc1. The summed E-state index contributed by atoms with van der Waals surface area (Å²) in [5.74, 6) is 0.379. The minimum atomic E-state index is -4.37. The lowest BCUT2D eigenvalue weighted by molar-refractivity contribution is -0.145. The second kappa shape index (κ2) is 9.57. The van der Waals surface area contributed by atoms with Gasteiger partial charge >= 0.3 is 6.18 Å². The maximum atomic E-state index is 12.8. The van der Waals surface area contributed by atoms with E-state index >= 15 is 0 Å². The normalized spacial score (nSPS) is 21.2. The third-order valence-electron chi connectivity index (χ3n) is 6.88.